The predicted molar refractivity (Wildman–Crippen MR) is 78.9 cm³/mol. The first kappa shape index (κ1) is 18.3. The van der Waals surface area contributed by atoms with Crippen LogP contribution in [0.3, 0.4) is 0 Å². The fraction of sp³-hybridized carbons (Fsp3) is 0.417. The van der Waals surface area contributed by atoms with Crippen molar-refractivity contribution in [2.45, 2.75) is 37.6 Å². The summed E-state index contributed by atoms with van der Waals surface area (Å²) in [5, 5.41) is 2.44. The van der Waals surface area contributed by atoms with Gasteiger partial charge in [-0.1, -0.05) is 13.8 Å². The zero-order valence-corrected chi connectivity index (χ0v) is 14.4. The third kappa shape index (κ3) is 4.14. The molecule has 118 valence electrons. The molecule has 1 rings (SSSR count). The van der Waals surface area contributed by atoms with E-state index >= 15 is 0 Å². The second-order valence-electron chi connectivity index (χ2n) is 4.28. The van der Waals surface area contributed by atoms with Crippen LogP contribution in [0.15, 0.2) is 15.4 Å². The fourth-order valence-corrected chi connectivity index (χ4v) is 4.11. The van der Waals surface area contributed by atoms with Crippen LogP contribution in [0.2, 0.25) is 0 Å². The van der Waals surface area contributed by atoms with Crippen LogP contribution >= 0.6 is 26.6 Å². The molecule has 9 heteroatoms. The number of rotatable bonds is 5. The average Bonchev–Trinajstić information content (AvgIpc) is 2.33. The Hall–Kier alpha value is -0.730. The van der Waals surface area contributed by atoms with Crippen molar-refractivity contribution in [3.8, 4) is 0 Å². The first-order chi connectivity index (χ1) is 9.63. The van der Waals surface area contributed by atoms with Gasteiger partial charge in [0.1, 0.15) is 16.3 Å². The molecule has 1 amide bonds. The summed E-state index contributed by atoms with van der Waals surface area (Å²) in [6.07, 6.45) is 1.14. The number of halogens is 4. The Kier molecular flexibility index (Phi) is 6.12. The van der Waals surface area contributed by atoms with E-state index in [1.54, 1.807) is 13.8 Å². The Balaban J connectivity index is 3.41. The summed E-state index contributed by atoms with van der Waals surface area (Å²) in [5.41, 5.74) is -0.968. The SMILES string of the molecule is CCC(CC)NC(=O)c1c(F)cc(Br)c(S(=O)(=O)Cl)c1F. The molecular weight excluding hydrogens is 392 g/mol. The summed E-state index contributed by atoms with van der Waals surface area (Å²) in [6.45, 7) is 3.61. The molecule has 0 heterocycles. The molecule has 0 radical (unpaired) electrons. The molecule has 1 aromatic rings. The maximum Gasteiger partial charge on any atom is 0.265 e. The van der Waals surface area contributed by atoms with E-state index in [9.17, 15) is 22.0 Å². The number of nitrogens with one attached hydrogen (secondary N) is 1. The monoisotopic (exact) mass is 403 g/mol. The number of amides is 1. The minimum absolute atomic E-state index is 0.268. The summed E-state index contributed by atoms with van der Waals surface area (Å²) in [4.78, 5) is 11.0. The van der Waals surface area contributed by atoms with Crippen LogP contribution < -0.4 is 5.32 Å². The van der Waals surface area contributed by atoms with Crippen LogP contribution in [0, 0.1) is 11.6 Å². The van der Waals surface area contributed by atoms with Crippen LogP contribution in [0.1, 0.15) is 37.0 Å². The zero-order chi connectivity index (χ0) is 16.4. The lowest BCUT2D eigenvalue weighted by molar-refractivity contribution is 0.0925. The van der Waals surface area contributed by atoms with Gasteiger partial charge < -0.3 is 5.32 Å². The van der Waals surface area contributed by atoms with Crippen molar-refractivity contribution in [1.82, 2.24) is 5.32 Å². The van der Waals surface area contributed by atoms with Crippen molar-refractivity contribution < 1.29 is 22.0 Å². The Morgan fingerprint density at radius 1 is 1.38 bits per heavy atom. The van der Waals surface area contributed by atoms with Gasteiger partial charge in [0.15, 0.2) is 5.82 Å². The van der Waals surface area contributed by atoms with Gasteiger partial charge in [-0.25, -0.2) is 17.2 Å². The van der Waals surface area contributed by atoms with E-state index in [1.165, 1.54) is 0 Å². The number of hydrogen-bond acceptors (Lipinski definition) is 3. The van der Waals surface area contributed by atoms with Crippen LogP contribution in [0.5, 0.6) is 0 Å². The molecule has 0 aromatic heterocycles. The van der Waals surface area contributed by atoms with E-state index in [0.29, 0.717) is 18.9 Å². The fourth-order valence-electron chi connectivity index (χ4n) is 1.75. The lowest BCUT2D eigenvalue weighted by Gasteiger charge is -2.16. The lowest BCUT2D eigenvalue weighted by Crippen LogP contribution is -2.35. The molecule has 0 aliphatic heterocycles. The van der Waals surface area contributed by atoms with Gasteiger partial charge in [0.2, 0.25) is 0 Å². The van der Waals surface area contributed by atoms with Gasteiger partial charge in [-0.05, 0) is 34.8 Å². The van der Waals surface area contributed by atoms with Crippen LogP contribution in [-0.2, 0) is 9.05 Å². The van der Waals surface area contributed by atoms with Crippen molar-refractivity contribution >= 4 is 41.6 Å². The molecule has 0 aliphatic rings. The minimum Gasteiger partial charge on any atom is -0.349 e. The molecule has 0 spiro atoms. The quantitative estimate of drug-likeness (QED) is 0.763. The summed E-state index contributed by atoms with van der Waals surface area (Å²) in [6, 6.07) is 0.427. The van der Waals surface area contributed by atoms with E-state index in [2.05, 4.69) is 21.2 Å². The van der Waals surface area contributed by atoms with Crippen LogP contribution in [0.4, 0.5) is 8.78 Å². The first-order valence-electron chi connectivity index (χ1n) is 6.06. The molecule has 0 unspecified atom stereocenters. The van der Waals surface area contributed by atoms with E-state index in [-0.39, 0.29) is 10.5 Å². The molecule has 0 fully saturated rings. The highest BCUT2D eigenvalue weighted by molar-refractivity contribution is 9.10. The summed E-state index contributed by atoms with van der Waals surface area (Å²) in [5.74, 6) is -3.71. The highest BCUT2D eigenvalue weighted by atomic mass is 79.9. The molecule has 0 bridgehead atoms. The summed E-state index contributed by atoms with van der Waals surface area (Å²) < 4.78 is 50.3. The van der Waals surface area contributed by atoms with E-state index in [4.69, 9.17) is 10.7 Å². The Morgan fingerprint density at radius 3 is 2.33 bits per heavy atom. The van der Waals surface area contributed by atoms with E-state index < -0.39 is 37.1 Å². The van der Waals surface area contributed by atoms with Crippen molar-refractivity contribution in [2.24, 2.45) is 0 Å². The number of carbonyl (C=O) groups is 1. The standard InChI is InChI=1S/C12H13BrClF2NO3S/c1-3-6(4-2)17-12(18)9-8(15)5-7(13)11(10(9)16)21(14,19)20/h5-6H,3-4H2,1-2H3,(H,17,18). The molecule has 1 aromatic carbocycles. The van der Waals surface area contributed by atoms with Gasteiger partial charge in [0, 0.05) is 21.2 Å². The lowest BCUT2D eigenvalue weighted by atomic mass is 10.1. The zero-order valence-electron chi connectivity index (χ0n) is 11.2. The van der Waals surface area contributed by atoms with Gasteiger partial charge in [0.05, 0.1) is 0 Å². The van der Waals surface area contributed by atoms with Crippen LogP contribution in [0.25, 0.3) is 0 Å². The molecule has 0 aliphatic carbocycles. The highest BCUT2D eigenvalue weighted by Gasteiger charge is 2.29. The van der Waals surface area contributed by atoms with Gasteiger partial charge >= 0.3 is 0 Å². The van der Waals surface area contributed by atoms with Gasteiger partial charge in [-0.2, -0.15) is 0 Å². The molecule has 0 saturated heterocycles. The number of benzene rings is 1. The van der Waals surface area contributed by atoms with Gasteiger partial charge in [-0.3, -0.25) is 4.79 Å². The maximum atomic E-state index is 14.2. The molecular formula is C12H13BrClF2NO3S. The average molecular weight is 405 g/mol. The Morgan fingerprint density at radius 2 is 1.90 bits per heavy atom. The van der Waals surface area contributed by atoms with Crippen molar-refractivity contribution in [2.75, 3.05) is 0 Å². The Bertz CT molecular complexity index is 663. The summed E-state index contributed by atoms with van der Waals surface area (Å²) in [7, 11) is 0.634. The topological polar surface area (TPSA) is 63.2 Å². The smallest absolute Gasteiger partial charge is 0.265 e. The second kappa shape index (κ2) is 7.02. The minimum atomic E-state index is -4.47. The van der Waals surface area contributed by atoms with Crippen LogP contribution in [-0.4, -0.2) is 20.4 Å². The van der Waals surface area contributed by atoms with E-state index in [0.717, 1.165) is 0 Å². The predicted octanol–water partition coefficient (Wildman–Crippen LogP) is 3.57. The number of carbonyl (C=O) groups excluding carboxylic acids is 1. The normalized spacial score (nSPS) is 11.8. The van der Waals surface area contributed by atoms with E-state index in [1.807, 2.05) is 0 Å². The number of hydrogen-bond donors (Lipinski definition) is 1. The molecule has 4 nitrogen and oxygen atoms in total. The Labute approximate surface area is 134 Å². The molecule has 0 saturated carbocycles. The third-order valence-electron chi connectivity index (χ3n) is 2.92. The second-order valence-corrected chi connectivity index (χ2v) is 7.64. The molecule has 1 N–H and O–H groups in total. The molecule has 21 heavy (non-hydrogen) atoms. The summed E-state index contributed by atoms with van der Waals surface area (Å²) >= 11 is 2.72. The maximum absolute atomic E-state index is 14.2. The third-order valence-corrected chi connectivity index (χ3v) is 5.16. The van der Waals surface area contributed by atoms with Gasteiger partial charge in [0.25, 0.3) is 15.0 Å². The van der Waals surface area contributed by atoms with Crippen molar-refractivity contribution in [1.29, 1.82) is 0 Å². The van der Waals surface area contributed by atoms with Gasteiger partial charge in [-0.15, -0.1) is 0 Å². The first-order valence-corrected chi connectivity index (χ1v) is 9.16. The van der Waals surface area contributed by atoms with Crippen molar-refractivity contribution in [3.05, 3.63) is 27.7 Å². The largest absolute Gasteiger partial charge is 0.349 e. The highest BCUT2D eigenvalue weighted by Crippen LogP contribution is 2.31. The van der Waals surface area contributed by atoms with Crippen molar-refractivity contribution in [3.63, 3.8) is 0 Å². The molecule has 0 atom stereocenters.